The second-order valence-corrected chi connectivity index (χ2v) is 5.51. The van der Waals surface area contributed by atoms with Crippen LogP contribution in [0.1, 0.15) is 0 Å². The molecule has 25 heavy (non-hydrogen) atoms. The van der Waals surface area contributed by atoms with Gasteiger partial charge in [0.25, 0.3) is 0 Å². The van der Waals surface area contributed by atoms with Crippen LogP contribution >= 0.6 is 11.6 Å². The molecule has 0 unspecified atom stereocenters. The molecule has 10 heteroatoms. The predicted molar refractivity (Wildman–Crippen MR) is 91.9 cm³/mol. The van der Waals surface area contributed by atoms with Gasteiger partial charge in [-0.05, 0) is 24.3 Å². The summed E-state index contributed by atoms with van der Waals surface area (Å²) < 4.78 is 3.78. The number of rotatable bonds is 4. The number of nitrogens with one attached hydrogen (secondary N) is 1. The molecule has 2 heterocycles. The highest BCUT2D eigenvalue weighted by atomic mass is 35.5. The Morgan fingerprint density at radius 3 is 2.52 bits per heavy atom. The lowest BCUT2D eigenvalue weighted by Crippen LogP contribution is -3.00. The predicted octanol–water partition coefficient (Wildman–Crippen LogP) is 0.0382. The molecule has 0 bridgehead atoms. The molecule has 3 N–H and O–H groups in total. The van der Waals surface area contributed by atoms with Gasteiger partial charge in [-0.3, -0.25) is 0 Å². The van der Waals surface area contributed by atoms with Crippen molar-refractivity contribution in [1.82, 2.24) is 14.5 Å². The first-order valence-corrected chi connectivity index (χ1v) is 7.49. The molecule has 0 spiro atoms. The zero-order valence-corrected chi connectivity index (χ0v) is 15.1. The van der Waals surface area contributed by atoms with Crippen molar-refractivity contribution in [2.45, 2.75) is 0 Å². The highest BCUT2D eigenvalue weighted by molar-refractivity contribution is 6.29. The average molecular weight is 379 g/mol. The van der Waals surface area contributed by atoms with E-state index in [-0.39, 0.29) is 23.5 Å². The summed E-state index contributed by atoms with van der Waals surface area (Å²) in [7, 11) is 3.83. The number of anilines is 3. The van der Waals surface area contributed by atoms with Crippen LogP contribution in [0.15, 0.2) is 53.0 Å². The first-order valence-electron chi connectivity index (χ1n) is 7.11. The van der Waals surface area contributed by atoms with Gasteiger partial charge >= 0.3 is 5.95 Å². The number of azo groups is 1. The lowest BCUT2D eigenvalue weighted by atomic mass is 10.3. The number of imidazole rings is 1. The third kappa shape index (κ3) is 4.65. The molecule has 130 valence electrons. The average Bonchev–Trinajstić information content (AvgIpc) is 2.84. The Bertz CT molecular complexity index is 849. The van der Waals surface area contributed by atoms with Gasteiger partial charge in [-0.15, -0.1) is 0 Å². The summed E-state index contributed by atoms with van der Waals surface area (Å²) in [5.41, 5.74) is 7.13. The largest absolute Gasteiger partial charge is 1.00 e. The number of hydrogen-bond acceptors (Lipinski definition) is 6. The van der Waals surface area contributed by atoms with Crippen molar-refractivity contribution in [3.05, 3.63) is 47.9 Å². The number of nitrogens with zero attached hydrogens (tertiary/aromatic N) is 6. The first-order chi connectivity index (χ1) is 11.5. The molecule has 1 aromatic carbocycles. The second-order valence-electron chi connectivity index (χ2n) is 5.13. The molecule has 2 aromatic heterocycles. The molecular formula is C15H16Cl2N8. The van der Waals surface area contributed by atoms with E-state index >= 15 is 0 Å². The maximum absolute atomic E-state index is 5.85. The number of aryl methyl sites for hydroxylation is 2. The van der Waals surface area contributed by atoms with Gasteiger partial charge in [-0.1, -0.05) is 16.7 Å². The quantitative estimate of drug-likeness (QED) is 0.380. The number of nitrogen functional groups attached to an aromatic ring is 1. The van der Waals surface area contributed by atoms with Crippen molar-refractivity contribution in [3.8, 4) is 0 Å². The van der Waals surface area contributed by atoms with E-state index in [1.54, 1.807) is 6.07 Å². The van der Waals surface area contributed by atoms with Crippen LogP contribution in [0.3, 0.4) is 0 Å². The van der Waals surface area contributed by atoms with Gasteiger partial charge in [0.1, 0.15) is 16.7 Å². The Morgan fingerprint density at radius 2 is 1.92 bits per heavy atom. The lowest BCUT2D eigenvalue weighted by Gasteiger charge is -2.06. The van der Waals surface area contributed by atoms with Gasteiger partial charge in [0.05, 0.1) is 26.5 Å². The lowest BCUT2D eigenvalue weighted by molar-refractivity contribution is -0.657. The van der Waals surface area contributed by atoms with E-state index in [1.807, 2.05) is 59.9 Å². The fraction of sp³-hybridized carbons (Fsp3) is 0.133. The van der Waals surface area contributed by atoms with E-state index in [0.717, 1.165) is 17.3 Å². The van der Waals surface area contributed by atoms with Crippen LogP contribution in [0.2, 0.25) is 5.15 Å². The second kappa shape index (κ2) is 7.91. The Balaban J connectivity index is 0.00000225. The summed E-state index contributed by atoms with van der Waals surface area (Å²) in [5, 5.41) is 11.9. The molecule has 0 atom stereocenters. The van der Waals surface area contributed by atoms with Crippen molar-refractivity contribution in [3.63, 3.8) is 0 Å². The van der Waals surface area contributed by atoms with E-state index in [4.69, 9.17) is 17.3 Å². The molecule has 0 saturated heterocycles. The summed E-state index contributed by atoms with van der Waals surface area (Å²) in [5.74, 6) is 1.40. The molecule has 0 aliphatic rings. The number of benzene rings is 1. The van der Waals surface area contributed by atoms with Crippen LogP contribution in [0.4, 0.5) is 29.1 Å². The van der Waals surface area contributed by atoms with Gasteiger partial charge in [-0.25, -0.2) is 14.1 Å². The van der Waals surface area contributed by atoms with Gasteiger partial charge in [-0.2, -0.15) is 4.98 Å². The fourth-order valence-corrected chi connectivity index (χ4v) is 2.27. The molecule has 8 nitrogen and oxygen atoms in total. The Labute approximate surface area is 155 Å². The van der Waals surface area contributed by atoms with Gasteiger partial charge in [0.15, 0.2) is 0 Å². The van der Waals surface area contributed by atoms with Crippen LogP contribution in [-0.2, 0) is 14.1 Å². The van der Waals surface area contributed by atoms with Gasteiger partial charge in [0, 0.05) is 16.9 Å². The third-order valence-electron chi connectivity index (χ3n) is 3.25. The monoisotopic (exact) mass is 378 g/mol. The smallest absolute Gasteiger partial charge is 0.421 e. The molecule has 0 fully saturated rings. The Kier molecular flexibility index (Phi) is 5.89. The molecule has 3 aromatic rings. The molecule has 0 aliphatic carbocycles. The van der Waals surface area contributed by atoms with Crippen molar-refractivity contribution in [2.75, 3.05) is 11.1 Å². The minimum absolute atomic E-state index is 0. The Hall–Kier alpha value is -2.71. The van der Waals surface area contributed by atoms with Gasteiger partial charge in [0.2, 0.25) is 5.95 Å². The van der Waals surface area contributed by atoms with Crippen molar-refractivity contribution in [1.29, 1.82) is 0 Å². The molecule has 0 amide bonds. The standard InChI is InChI=1S/C15H15ClN8.ClH/c1-23-7-8-24(2)15(23)22-21-11-5-3-10(4-6-11)18-13-9-12(16)19-14(17)20-13;/h3-9H,1-2H3,(H2,17,19,20);1H. The number of nitrogens with two attached hydrogens (primary N) is 1. The summed E-state index contributed by atoms with van der Waals surface area (Å²) in [4.78, 5) is 7.88. The highest BCUT2D eigenvalue weighted by Crippen LogP contribution is 2.22. The van der Waals surface area contributed by atoms with E-state index < -0.39 is 0 Å². The van der Waals surface area contributed by atoms with Crippen molar-refractivity contribution in [2.24, 2.45) is 24.3 Å². The SMILES string of the molecule is Cn1cc[n+](C)c1N=Nc1ccc(Nc2cc(Cl)nc(N)n2)cc1.[Cl-]. The number of halogens is 2. The highest BCUT2D eigenvalue weighted by Gasteiger charge is 2.10. The third-order valence-corrected chi connectivity index (χ3v) is 3.45. The van der Waals surface area contributed by atoms with Crippen molar-refractivity contribution < 1.29 is 17.0 Å². The summed E-state index contributed by atoms with van der Waals surface area (Å²) >= 11 is 5.85. The summed E-state index contributed by atoms with van der Waals surface area (Å²) in [6, 6.07) is 9.03. The van der Waals surface area contributed by atoms with Crippen LogP contribution < -0.4 is 28.0 Å². The maximum atomic E-state index is 5.85. The molecular weight excluding hydrogens is 363 g/mol. The molecule has 0 saturated carbocycles. The van der Waals surface area contributed by atoms with E-state index in [1.165, 1.54) is 0 Å². The zero-order valence-electron chi connectivity index (χ0n) is 13.6. The van der Waals surface area contributed by atoms with E-state index in [9.17, 15) is 0 Å². The normalized spacial score (nSPS) is 10.7. The van der Waals surface area contributed by atoms with Crippen LogP contribution in [-0.4, -0.2) is 14.5 Å². The van der Waals surface area contributed by atoms with E-state index in [2.05, 4.69) is 25.5 Å². The molecule has 0 aliphatic heterocycles. The topological polar surface area (TPSA) is 97.4 Å². The van der Waals surface area contributed by atoms with Crippen LogP contribution in [0, 0.1) is 0 Å². The maximum Gasteiger partial charge on any atom is 0.421 e. The summed E-state index contributed by atoms with van der Waals surface area (Å²) in [6.07, 6.45) is 3.83. The van der Waals surface area contributed by atoms with E-state index in [0.29, 0.717) is 5.82 Å². The minimum Gasteiger partial charge on any atom is -1.00 e. The molecule has 0 radical (unpaired) electrons. The summed E-state index contributed by atoms with van der Waals surface area (Å²) in [6.45, 7) is 0. The van der Waals surface area contributed by atoms with Gasteiger partial charge < -0.3 is 23.5 Å². The van der Waals surface area contributed by atoms with Crippen molar-refractivity contribution >= 4 is 40.7 Å². The Morgan fingerprint density at radius 1 is 1.20 bits per heavy atom. The zero-order chi connectivity index (χ0) is 17.1. The molecule has 3 rings (SSSR count). The van der Waals surface area contributed by atoms with Crippen LogP contribution in [0.25, 0.3) is 0 Å². The number of aromatic nitrogens is 4. The fourth-order valence-electron chi connectivity index (χ4n) is 2.08. The van der Waals surface area contributed by atoms with Crippen LogP contribution in [0.5, 0.6) is 0 Å². The minimum atomic E-state index is 0. The first kappa shape index (κ1) is 18.6. The number of hydrogen-bond donors (Lipinski definition) is 2.